The van der Waals surface area contributed by atoms with E-state index in [1.54, 1.807) is 6.92 Å². The van der Waals surface area contributed by atoms with Gasteiger partial charge in [-0.25, -0.2) is 4.79 Å². The molecule has 0 unspecified atom stereocenters. The van der Waals surface area contributed by atoms with E-state index >= 15 is 0 Å². The van der Waals surface area contributed by atoms with E-state index in [1.165, 1.54) is 6.08 Å². The molecule has 0 fully saturated rings. The molecule has 0 radical (unpaired) electrons. The number of carbonyl (C=O) groups excluding carboxylic acids is 1. The molecule has 0 aliphatic rings. The van der Waals surface area contributed by atoms with Crippen molar-refractivity contribution in [3.63, 3.8) is 0 Å². The van der Waals surface area contributed by atoms with Gasteiger partial charge in [-0.2, -0.15) is 4.39 Å². The zero-order valence-electron chi connectivity index (χ0n) is 9.35. The van der Waals surface area contributed by atoms with Gasteiger partial charge < -0.3 is 4.74 Å². The summed E-state index contributed by atoms with van der Waals surface area (Å²) in [6.45, 7) is 1.86. The molecule has 0 bridgehead atoms. The van der Waals surface area contributed by atoms with Crippen molar-refractivity contribution in [1.29, 1.82) is 0 Å². The minimum atomic E-state index is -1.02. The van der Waals surface area contributed by atoms with Gasteiger partial charge in [-0.05, 0) is 24.6 Å². The highest BCUT2D eigenvalue weighted by atomic mass is 35.5. The summed E-state index contributed by atoms with van der Waals surface area (Å²) in [7, 11) is 0. The fourth-order valence-electron chi connectivity index (χ4n) is 1.17. The van der Waals surface area contributed by atoms with E-state index in [0.717, 1.165) is 18.2 Å². The van der Waals surface area contributed by atoms with Gasteiger partial charge in [0.2, 0.25) is 5.82 Å². The van der Waals surface area contributed by atoms with Crippen molar-refractivity contribution in [2.75, 3.05) is 6.61 Å². The van der Waals surface area contributed by atoms with Crippen molar-refractivity contribution in [3.05, 3.63) is 44.7 Å². The molecule has 0 atom stereocenters. The lowest BCUT2D eigenvalue weighted by Gasteiger charge is -2.00. The molecule has 0 spiro atoms. The topological polar surface area (TPSA) is 69.4 Å². The van der Waals surface area contributed by atoms with Crippen molar-refractivity contribution in [1.82, 2.24) is 0 Å². The minimum Gasteiger partial charge on any atom is -0.463 e. The van der Waals surface area contributed by atoms with Crippen LogP contribution in [0.5, 0.6) is 0 Å². The average Bonchev–Trinajstić information content (AvgIpc) is 2.29. The predicted octanol–water partition coefficient (Wildman–Crippen LogP) is 2.96. The van der Waals surface area contributed by atoms with E-state index in [-0.39, 0.29) is 17.2 Å². The quantitative estimate of drug-likeness (QED) is 0.366. The van der Waals surface area contributed by atoms with Gasteiger partial charge >= 0.3 is 11.7 Å². The first-order chi connectivity index (χ1) is 8.45. The zero-order valence-corrected chi connectivity index (χ0v) is 10.1. The second kappa shape index (κ2) is 6.11. The molecule has 7 heteroatoms. The van der Waals surface area contributed by atoms with Crippen LogP contribution >= 0.6 is 11.6 Å². The van der Waals surface area contributed by atoms with Crippen molar-refractivity contribution in [2.45, 2.75) is 6.92 Å². The number of halogens is 2. The first-order valence-corrected chi connectivity index (χ1v) is 5.31. The summed E-state index contributed by atoms with van der Waals surface area (Å²) < 4.78 is 17.9. The minimum absolute atomic E-state index is 0.0244. The van der Waals surface area contributed by atoms with Gasteiger partial charge in [0.15, 0.2) is 0 Å². The number of hydrogen-bond donors (Lipinski definition) is 0. The molecule has 0 aromatic heterocycles. The standard InChI is InChI=1S/C11H9ClFNO4/c1-2-18-11(15)4-3-7-5-9(13)10(14(16)17)6-8(7)12/h3-6H,2H2,1H3. The number of hydrogen-bond acceptors (Lipinski definition) is 4. The van der Waals surface area contributed by atoms with Crippen LogP contribution in [0, 0.1) is 15.9 Å². The molecule has 18 heavy (non-hydrogen) atoms. The molecule has 1 aromatic carbocycles. The zero-order chi connectivity index (χ0) is 13.7. The Morgan fingerprint density at radius 2 is 2.28 bits per heavy atom. The highest BCUT2D eigenvalue weighted by Gasteiger charge is 2.16. The molecule has 1 rings (SSSR count). The molecule has 96 valence electrons. The lowest BCUT2D eigenvalue weighted by atomic mass is 10.2. The largest absolute Gasteiger partial charge is 0.463 e. The molecule has 0 saturated heterocycles. The molecular formula is C11H9ClFNO4. The van der Waals surface area contributed by atoms with Crippen molar-refractivity contribution in [3.8, 4) is 0 Å². The van der Waals surface area contributed by atoms with Gasteiger partial charge in [0.1, 0.15) is 0 Å². The Bertz CT molecular complexity index is 516. The molecule has 0 saturated carbocycles. The summed E-state index contributed by atoms with van der Waals surface area (Å²) in [6, 6.07) is 1.78. The molecule has 0 amide bonds. The summed E-state index contributed by atoms with van der Waals surface area (Å²) in [6.07, 6.45) is 2.29. The maximum atomic E-state index is 13.3. The van der Waals surface area contributed by atoms with Gasteiger partial charge in [0.25, 0.3) is 0 Å². The number of benzene rings is 1. The van der Waals surface area contributed by atoms with Gasteiger partial charge in [-0.15, -0.1) is 0 Å². The van der Waals surface area contributed by atoms with Crippen LogP contribution in [0.2, 0.25) is 5.02 Å². The third-order valence-electron chi connectivity index (χ3n) is 1.95. The second-order valence-corrected chi connectivity index (χ2v) is 3.57. The van der Waals surface area contributed by atoms with Crippen LogP contribution in [0.4, 0.5) is 10.1 Å². The lowest BCUT2D eigenvalue weighted by Crippen LogP contribution is -1.99. The Labute approximate surface area is 107 Å². The smallest absolute Gasteiger partial charge is 0.330 e. The number of esters is 1. The van der Waals surface area contributed by atoms with Crippen molar-refractivity contribution in [2.24, 2.45) is 0 Å². The number of ether oxygens (including phenoxy) is 1. The van der Waals surface area contributed by atoms with Crippen LogP contribution in [-0.2, 0) is 9.53 Å². The van der Waals surface area contributed by atoms with Crippen LogP contribution in [0.3, 0.4) is 0 Å². The van der Waals surface area contributed by atoms with E-state index in [4.69, 9.17) is 11.6 Å². The number of nitro benzene ring substituents is 1. The Morgan fingerprint density at radius 3 is 2.83 bits per heavy atom. The molecule has 0 aliphatic carbocycles. The normalized spacial score (nSPS) is 10.6. The second-order valence-electron chi connectivity index (χ2n) is 3.17. The summed E-state index contributed by atoms with van der Waals surface area (Å²) in [5, 5.41) is 10.4. The maximum Gasteiger partial charge on any atom is 0.330 e. The number of nitrogens with zero attached hydrogens (tertiary/aromatic N) is 1. The van der Waals surface area contributed by atoms with E-state index < -0.39 is 22.4 Å². The van der Waals surface area contributed by atoms with Crippen LogP contribution in [0.1, 0.15) is 12.5 Å². The van der Waals surface area contributed by atoms with Gasteiger partial charge in [-0.1, -0.05) is 11.6 Å². The Kier molecular flexibility index (Phi) is 4.79. The third-order valence-corrected chi connectivity index (χ3v) is 2.28. The predicted molar refractivity (Wildman–Crippen MR) is 63.7 cm³/mol. The summed E-state index contributed by atoms with van der Waals surface area (Å²) >= 11 is 5.73. The molecule has 1 aromatic rings. The SMILES string of the molecule is CCOC(=O)C=Cc1cc(F)c([N+](=O)[O-])cc1Cl. The van der Waals surface area contributed by atoms with Gasteiger partial charge in [0.05, 0.1) is 16.6 Å². The van der Waals surface area contributed by atoms with Crippen LogP contribution in [0.15, 0.2) is 18.2 Å². The number of carbonyl (C=O) groups is 1. The number of rotatable bonds is 4. The van der Waals surface area contributed by atoms with Gasteiger partial charge in [-0.3, -0.25) is 10.1 Å². The lowest BCUT2D eigenvalue weighted by molar-refractivity contribution is -0.387. The molecule has 0 aliphatic heterocycles. The summed E-state index contributed by atoms with van der Waals surface area (Å²) in [4.78, 5) is 20.6. The van der Waals surface area contributed by atoms with Crippen LogP contribution < -0.4 is 0 Å². The highest BCUT2D eigenvalue weighted by Crippen LogP contribution is 2.26. The number of nitro groups is 1. The highest BCUT2D eigenvalue weighted by molar-refractivity contribution is 6.32. The monoisotopic (exact) mass is 273 g/mol. The maximum absolute atomic E-state index is 13.3. The van der Waals surface area contributed by atoms with Crippen LogP contribution in [-0.4, -0.2) is 17.5 Å². The fraction of sp³-hybridized carbons (Fsp3) is 0.182. The van der Waals surface area contributed by atoms with Gasteiger partial charge in [0, 0.05) is 12.1 Å². The fourth-order valence-corrected chi connectivity index (χ4v) is 1.39. The Morgan fingerprint density at radius 1 is 1.61 bits per heavy atom. The van der Waals surface area contributed by atoms with Crippen molar-refractivity contribution < 1.29 is 18.8 Å². The Balaban J connectivity index is 3.02. The first kappa shape index (κ1) is 14.1. The Hall–Kier alpha value is -1.95. The summed E-state index contributed by atoms with van der Waals surface area (Å²) in [5.41, 5.74) is -0.555. The van der Waals surface area contributed by atoms with Crippen molar-refractivity contribution >= 4 is 29.3 Å². The molecule has 0 heterocycles. The van der Waals surface area contributed by atoms with Crippen LogP contribution in [0.25, 0.3) is 6.08 Å². The molecular weight excluding hydrogens is 265 g/mol. The van der Waals surface area contributed by atoms with E-state index in [1.807, 2.05) is 0 Å². The first-order valence-electron chi connectivity index (χ1n) is 4.94. The average molecular weight is 274 g/mol. The molecule has 0 N–H and O–H groups in total. The summed E-state index contributed by atoms with van der Waals surface area (Å²) in [5.74, 6) is -1.62. The molecule has 5 nitrogen and oxygen atoms in total. The van der Waals surface area contributed by atoms with E-state index in [0.29, 0.717) is 0 Å². The van der Waals surface area contributed by atoms with E-state index in [9.17, 15) is 19.3 Å². The third kappa shape index (κ3) is 3.53. The van der Waals surface area contributed by atoms with E-state index in [2.05, 4.69) is 4.74 Å².